The van der Waals surface area contributed by atoms with Crippen LogP contribution in [-0.2, 0) is 4.74 Å². The van der Waals surface area contributed by atoms with Gasteiger partial charge in [-0.25, -0.2) is 4.68 Å². The van der Waals surface area contributed by atoms with Gasteiger partial charge in [0.25, 0.3) is 0 Å². The van der Waals surface area contributed by atoms with E-state index in [0.717, 1.165) is 16.3 Å². The van der Waals surface area contributed by atoms with Crippen LogP contribution in [0.5, 0.6) is 17.2 Å². The van der Waals surface area contributed by atoms with Crippen LogP contribution in [0.25, 0.3) is 27.7 Å². The van der Waals surface area contributed by atoms with Gasteiger partial charge < -0.3 is 19.7 Å². The molecule has 0 spiro atoms. The molecule has 148 valence electrons. The van der Waals surface area contributed by atoms with Crippen LogP contribution in [0.3, 0.4) is 0 Å². The van der Waals surface area contributed by atoms with E-state index >= 15 is 0 Å². The van der Waals surface area contributed by atoms with Crippen LogP contribution in [0.2, 0.25) is 0 Å². The predicted octanol–water partition coefficient (Wildman–Crippen LogP) is 3.81. The van der Waals surface area contributed by atoms with E-state index < -0.39 is 0 Å². The number of aromatic hydroxyl groups is 2. The zero-order valence-corrected chi connectivity index (χ0v) is 16.5. The van der Waals surface area contributed by atoms with E-state index in [2.05, 4.69) is 22.9 Å². The second-order valence-corrected chi connectivity index (χ2v) is 6.80. The molecule has 1 heterocycles. The molecule has 0 saturated heterocycles. The van der Waals surface area contributed by atoms with Crippen LogP contribution in [0.1, 0.15) is 0 Å². The molecule has 7 nitrogen and oxygen atoms in total. The molecule has 0 amide bonds. The summed E-state index contributed by atoms with van der Waals surface area (Å²) in [4.78, 5) is 0. The van der Waals surface area contributed by atoms with E-state index in [1.165, 1.54) is 16.8 Å². The lowest BCUT2D eigenvalue weighted by Gasteiger charge is -2.13. The van der Waals surface area contributed by atoms with Crippen molar-refractivity contribution in [2.45, 2.75) is 5.03 Å². The average Bonchev–Trinajstić information content (AvgIpc) is 3.08. The minimum absolute atomic E-state index is 0.0398. The van der Waals surface area contributed by atoms with E-state index in [1.807, 2.05) is 36.4 Å². The Hall–Kier alpha value is -3.23. The summed E-state index contributed by atoms with van der Waals surface area (Å²) < 4.78 is 12.3. The summed E-state index contributed by atoms with van der Waals surface area (Å²) in [5.74, 6) is 0.560. The molecule has 29 heavy (non-hydrogen) atoms. The van der Waals surface area contributed by atoms with E-state index in [1.54, 1.807) is 13.2 Å². The van der Waals surface area contributed by atoms with Crippen LogP contribution in [0.4, 0.5) is 0 Å². The fourth-order valence-corrected chi connectivity index (χ4v) is 3.41. The highest BCUT2D eigenvalue weighted by Crippen LogP contribution is 2.37. The third-order valence-corrected chi connectivity index (χ3v) is 4.81. The molecule has 0 aliphatic rings. The third-order valence-electron chi connectivity index (χ3n) is 4.50. The van der Waals surface area contributed by atoms with Crippen molar-refractivity contribution in [2.24, 2.45) is 0 Å². The first-order valence-corrected chi connectivity index (χ1v) is 9.35. The monoisotopic (exact) mass is 409 g/mol. The highest BCUT2D eigenvalue weighted by atomic mass is 32.1. The minimum Gasteiger partial charge on any atom is -0.508 e. The molecule has 0 atom stereocenters. The van der Waals surface area contributed by atoms with Gasteiger partial charge in [-0.3, -0.25) is 0 Å². The number of nitrogens with zero attached hydrogens (tertiary/aromatic N) is 3. The number of phenolic OH excluding ortho intramolecular Hbond substituents is 2. The van der Waals surface area contributed by atoms with Crippen molar-refractivity contribution in [3.8, 4) is 34.2 Å². The van der Waals surface area contributed by atoms with Crippen LogP contribution in [0, 0.1) is 0 Å². The lowest BCUT2D eigenvalue weighted by atomic mass is 10.0. The van der Waals surface area contributed by atoms with Crippen molar-refractivity contribution in [1.29, 1.82) is 0 Å². The highest BCUT2D eigenvalue weighted by Gasteiger charge is 2.19. The topological polar surface area (TPSA) is 89.6 Å². The summed E-state index contributed by atoms with van der Waals surface area (Å²) >= 11 is 4.48. The molecular formula is C21H19N3O4S. The molecule has 3 aromatic carbocycles. The van der Waals surface area contributed by atoms with Gasteiger partial charge in [-0.1, -0.05) is 29.5 Å². The van der Waals surface area contributed by atoms with E-state index in [4.69, 9.17) is 9.47 Å². The first-order valence-electron chi connectivity index (χ1n) is 8.90. The maximum absolute atomic E-state index is 10.3. The summed E-state index contributed by atoms with van der Waals surface area (Å²) in [6, 6.07) is 16.0. The van der Waals surface area contributed by atoms with Gasteiger partial charge in [0.15, 0.2) is 0 Å². The fourth-order valence-electron chi connectivity index (χ4n) is 3.16. The second kappa shape index (κ2) is 8.02. The molecule has 4 rings (SSSR count). The number of methoxy groups -OCH3 is 1. The third kappa shape index (κ3) is 3.72. The van der Waals surface area contributed by atoms with Gasteiger partial charge in [0.05, 0.1) is 6.61 Å². The molecule has 0 radical (unpaired) electrons. The molecule has 0 saturated carbocycles. The Balaban J connectivity index is 1.87. The van der Waals surface area contributed by atoms with Crippen molar-refractivity contribution < 1.29 is 19.7 Å². The van der Waals surface area contributed by atoms with Gasteiger partial charge in [0, 0.05) is 18.7 Å². The maximum atomic E-state index is 10.3. The Morgan fingerprint density at radius 2 is 1.90 bits per heavy atom. The second-order valence-electron chi connectivity index (χ2n) is 6.38. The normalized spacial score (nSPS) is 11.1. The quantitative estimate of drug-likeness (QED) is 0.331. The Morgan fingerprint density at radius 1 is 1.03 bits per heavy atom. The molecule has 0 fully saturated rings. The number of aromatic nitrogens is 3. The van der Waals surface area contributed by atoms with Crippen molar-refractivity contribution >= 4 is 23.4 Å². The van der Waals surface area contributed by atoms with Crippen LogP contribution in [-0.4, -0.2) is 45.5 Å². The van der Waals surface area contributed by atoms with Gasteiger partial charge in [0.2, 0.25) is 0 Å². The van der Waals surface area contributed by atoms with Gasteiger partial charge in [-0.2, -0.15) is 0 Å². The maximum Gasteiger partial charge on any atom is 0.145 e. The molecule has 0 aliphatic heterocycles. The number of benzene rings is 3. The molecule has 0 unspecified atom stereocenters. The van der Waals surface area contributed by atoms with Crippen LogP contribution < -0.4 is 4.74 Å². The minimum atomic E-state index is -0.117. The number of rotatable bonds is 6. The summed E-state index contributed by atoms with van der Waals surface area (Å²) in [6.45, 7) is 0.945. The van der Waals surface area contributed by atoms with Gasteiger partial charge >= 0.3 is 0 Å². The number of fused-ring (bicyclic) bond motifs is 1. The number of hydrogen-bond donors (Lipinski definition) is 3. The Morgan fingerprint density at radius 3 is 2.69 bits per heavy atom. The summed E-state index contributed by atoms with van der Waals surface area (Å²) in [6.07, 6.45) is 0. The Bertz CT molecular complexity index is 1180. The largest absolute Gasteiger partial charge is 0.508 e. The highest BCUT2D eigenvalue weighted by molar-refractivity contribution is 7.80. The molecule has 0 aliphatic carbocycles. The predicted molar refractivity (Wildman–Crippen MR) is 112 cm³/mol. The molecule has 0 bridgehead atoms. The Labute approximate surface area is 172 Å². The Kier molecular flexibility index (Phi) is 5.28. The van der Waals surface area contributed by atoms with Crippen molar-refractivity contribution in [3.63, 3.8) is 0 Å². The molecule has 8 heteroatoms. The standard InChI is InChI=1S/C21H19N3O4S/c1-27-9-10-28-15-7-5-13-3-2-4-16(17(13)12-15)20-21(29)22-23-24(20)18-8-6-14(25)11-19(18)26/h2-8,11-12,25-26,29H,9-10H2,1H3. The SMILES string of the molecule is COCCOc1ccc2cccc(-c3c(S)nnn3-c3ccc(O)cc3O)c2c1. The van der Waals surface area contributed by atoms with E-state index in [0.29, 0.717) is 35.4 Å². The van der Waals surface area contributed by atoms with Crippen LogP contribution in [0.15, 0.2) is 59.6 Å². The molecular weight excluding hydrogens is 390 g/mol. The zero-order valence-electron chi connectivity index (χ0n) is 15.6. The summed E-state index contributed by atoms with van der Waals surface area (Å²) in [5.41, 5.74) is 1.84. The molecule has 2 N–H and O–H groups in total. The summed E-state index contributed by atoms with van der Waals surface area (Å²) in [5, 5.41) is 30.5. The number of ether oxygens (including phenoxy) is 2. The fraction of sp³-hybridized carbons (Fsp3) is 0.143. The van der Waals surface area contributed by atoms with Crippen LogP contribution >= 0.6 is 12.6 Å². The van der Waals surface area contributed by atoms with Gasteiger partial charge in [-0.15, -0.1) is 17.7 Å². The number of phenols is 2. The van der Waals surface area contributed by atoms with Gasteiger partial charge in [-0.05, 0) is 35.0 Å². The molecule has 1 aromatic heterocycles. The smallest absolute Gasteiger partial charge is 0.145 e. The number of hydrogen-bond acceptors (Lipinski definition) is 7. The first kappa shape index (κ1) is 19.1. The number of thiol groups is 1. The van der Waals surface area contributed by atoms with Crippen molar-refractivity contribution in [1.82, 2.24) is 15.0 Å². The van der Waals surface area contributed by atoms with Gasteiger partial charge in [0.1, 0.15) is 40.3 Å². The van der Waals surface area contributed by atoms with Crippen molar-refractivity contribution in [2.75, 3.05) is 20.3 Å². The lowest BCUT2D eigenvalue weighted by Crippen LogP contribution is -2.04. The average molecular weight is 409 g/mol. The summed E-state index contributed by atoms with van der Waals surface area (Å²) in [7, 11) is 1.63. The van der Waals surface area contributed by atoms with E-state index in [-0.39, 0.29) is 11.5 Å². The van der Waals surface area contributed by atoms with Crippen molar-refractivity contribution in [3.05, 3.63) is 54.6 Å². The lowest BCUT2D eigenvalue weighted by molar-refractivity contribution is 0.146. The zero-order chi connectivity index (χ0) is 20.4. The first-order chi connectivity index (χ1) is 14.1. The molecule has 4 aromatic rings. The van der Waals surface area contributed by atoms with E-state index in [9.17, 15) is 10.2 Å².